The fraction of sp³-hybridized carbons (Fsp3) is 0. The Labute approximate surface area is 256 Å². The van der Waals surface area contributed by atoms with Crippen LogP contribution in [0.1, 0.15) is 0 Å². The van der Waals surface area contributed by atoms with Gasteiger partial charge in [0.15, 0.2) is 0 Å². The molecule has 2 aromatic heterocycles. The van der Waals surface area contributed by atoms with Gasteiger partial charge in [0, 0.05) is 47.5 Å². The van der Waals surface area contributed by atoms with Crippen LogP contribution in [0.2, 0.25) is 0 Å². The number of hydrogen-bond acceptors (Lipinski definition) is 4. The second-order valence-electron chi connectivity index (χ2n) is 11.3. The van der Waals surface area contributed by atoms with Crippen molar-refractivity contribution in [2.24, 2.45) is 0 Å². The minimum Gasteiger partial charge on any atom is -0.330 e. The molecule has 5 aromatic carbocycles. The Morgan fingerprint density at radius 3 is 1.02 bits per heavy atom. The van der Waals surface area contributed by atoms with E-state index in [1.807, 2.05) is 12.4 Å². The zero-order chi connectivity index (χ0) is 29.0. The van der Waals surface area contributed by atoms with E-state index in [2.05, 4.69) is 151 Å². The van der Waals surface area contributed by atoms with Crippen LogP contribution < -0.4 is 42.6 Å². The maximum Gasteiger partial charge on any atom is 0.246 e. The van der Waals surface area contributed by atoms with E-state index in [1.165, 1.54) is 32.8 Å². The highest BCUT2D eigenvalue weighted by atomic mass is 15.3. The van der Waals surface area contributed by atoms with Crippen LogP contribution in [0.15, 0.2) is 146 Å². The van der Waals surface area contributed by atoms with Gasteiger partial charge in [0.2, 0.25) is 25.3 Å². The zero-order valence-corrected chi connectivity index (χ0v) is 23.8. The average Bonchev–Trinajstić information content (AvgIpc) is 3.82. The Balaban J connectivity index is 1.17. The molecule has 0 amide bonds. The number of rotatable bonds is 4. The third-order valence-electron chi connectivity index (χ3n) is 8.95. The summed E-state index contributed by atoms with van der Waals surface area (Å²) in [6, 6.07) is 44.0. The summed E-state index contributed by atoms with van der Waals surface area (Å²) in [7, 11) is 0. The smallest absolute Gasteiger partial charge is 0.246 e. The molecule has 0 fully saturated rings. The largest absolute Gasteiger partial charge is 0.330 e. The Hall–Kier alpha value is -5.75. The number of hydrogen-bond donors (Lipinski definition) is 2. The summed E-state index contributed by atoms with van der Waals surface area (Å²) in [6.07, 6.45) is 7.36. The fourth-order valence-corrected chi connectivity index (χ4v) is 7.15. The van der Waals surface area contributed by atoms with Crippen LogP contribution in [0.25, 0.3) is 0 Å². The highest BCUT2D eigenvalue weighted by Crippen LogP contribution is 2.34. The molecule has 7 aromatic rings. The second-order valence-corrected chi connectivity index (χ2v) is 11.3. The number of nitrogens with one attached hydrogen (secondary N) is 2. The lowest BCUT2D eigenvalue weighted by Gasteiger charge is -2.36. The molecule has 44 heavy (non-hydrogen) atoms. The third kappa shape index (κ3) is 3.71. The van der Waals surface area contributed by atoms with E-state index in [0.717, 1.165) is 34.6 Å². The molecule has 0 unspecified atom stereocenters. The van der Waals surface area contributed by atoms with E-state index >= 15 is 0 Å². The van der Waals surface area contributed by atoms with Crippen molar-refractivity contribution in [2.75, 3.05) is 9.80 Å². The SMILES string of the molecule is c1ccc2c(c1)B(c1ccc(B3c4ccccc4N(c4ncc[nH]4)c4ccccc43)cc1)c1ccccc1N2c1ncc[nH]1. The van der Waals surface area contributed by atoms with E-state index < -0.39 is 0 Å². The van der Waals surface area contributed by atoms with Gasteiger partial charge in [-0.2, -0.15) is 0 Å². The highest BCUT2D eigenvalue weighted by Gasteiger charge is 2.38. The van der Waals surface area contributed by atoms with E-state index in [4.69, 9.17) is 0 Å². The Morgan fingerprint density at radius 1 is 0.409 bits per heavy atom. The molecule has 2 aliphatic heterocycles. The number of imidazole rings is 2. The minimum atomic E-state index is 0.100. The number of nitrogens with zero attached hydrogens (tertiary/aromatic N) is 4. The van der Waals surface area contributed by atoms with Gasteiger partial charge in [-0.05, 0) is 46.1 Å². The summed E-state index contributed by atoms with van der Waals surface area (Å²) in [6.45, 7) is 0.200. The van der Waals surface area contributed by atoms with Crippen molar-refractivity contribution in [3.8, 4) is 0 Å². The molecule has 0 atom stereocenters. The van der Waals surface area contributed by atoms with Gasteiger partial charge in [0.1, 0.15) is 0 Å². The first kappa shape index (κ1) is 24.8. The van der Waals surface area contributed by atoms with Gasteiger partial charge in [-0.25, -0.2) is 9.97 Å². The van der Waals surface area contributed by atoms with Crippen molar-refractivity contribution >= 4 is 80.8 Å². The molecule has 6 nitrogen and oxygen atoms in total. The molecule has 2 N–H and O–H groups in total. The zero-order valence-electron chi connectivity index (χ0n) is 23.8. The standard InChI is InChI=1S/C36H26B2N6/c1-5-13-31-27(9-1)37(28-10-2-6-14-32(28)43(31)35-39-21-22-40-35)25-17-19-26(20-18-25)38-29-11-3-7-15-33(29)44(36-41-23-24-42-36)34-16-8-4-12-30(34)38/h1-24H,(H,39,40)(H,41,42). The topological polar surface area (TPSA) is 63.8 Å². The first-order valence-electron chi connectivity index (χ1n) is 14.9. The lowest BCUT2D eigenvalue weighted by atomic mass is 9.33. The maximum atomic E-state index is 4.62. The van der Waals surface area contributed by atoms with Gasteiger partial charge in [-0.3, -0.25) is 9.80 Å². The number of aromatic nitrogens is 4. The first-order valence-corrected chi connectivity index (χ1v) is 14.9. The van der Waals surface area contributed by atoms with Gasteiger partial charge in [0.05, 0.1) is 0 Å². The molecule has 0 saturated heterocycles. The maximum absolute atomic E-state index is 4.62. The van der Waals surface area contributed by atoms with E-state index in [9.17, 15) is 0 Å². The Kier molecular flexibility index (Phi) is 5.59. The van der Waals surface area contributed by atoms with E-state index in [1.54, 1.807) is 12.4 Å². The van der Waals surface area contributed by atoms with Crippen LogP contribution in [0, 0.1) is 0 Å². The van der Waals surface area contributed by atoms with Crippen LogP contribution in [-0.4, -0.2) is 33.4 Å². The van der Waals surface area contributed by atoms with Crippen molar-refractivity contribution in [3.63, 3.8) is 0 Å². The van der Waals surface area contributed by atoms with Gasteiger partial charge < -0.3 is 9.97 Å². The van der Waals surface area contributed by atoms with Crippen LogP contribution in [0.4, 0.5) is 34.6 Å². The molecule has 0 spiro atoms. The quantitative estimate of drug-likeness (QED) is 0.320. The Morgan fingerprint density at radius 2 is 0.727 bits per heavy atom. The molecule has 0 radical (unpaired) electrons. The Bertz CT molecular complexity index is 1860. The number of fused-ring (bicyclic) bond motifs is 4. The molecular weight excluding hydrogens is 538 g/mol. The van der Waals surface area contributed by atoms with Gasteiger partial charge >= 0.3 is 0 Å². The number of benzene rings is 5. The van der Waals surface area contributed by atoms with Crippen molar-refractivity contribution in [2.45, 2.75) is 0 Å². The molecule has 0 saturated carbocycles. The van der Waals surface area contributed by atoms with Crippen LogP contribution >= 0.6 is 0 Å². The van der Waals surface area contributed by atoms with E-state index in [0.29, 0.717) is 0 Å². The predicted molar refractivity (Wildman–Crippen MR) is 182 cm³/mol. The van der Waals surface area contributed by atoms with Crippen LogP contribution in [0.5, 0.6) is 0 Å². The summed E-state index contributed by atoms with van der Waals surface area (Å²) < 4.78 is 0. The first-order chi connectivity index (χ1) is 21.9. The summed E-state index contributed by atoms with van der Waals surface area (Å²) >= 11 is 0. The summed E-state index contributed by atoms with van der Waals surface area (Å²) in [5.41, 5.74) is 12.1. The number of anilines is 6. The molecule has 2 aliphatic rings. The summed E-state index contributed by atoms with van der Waals surface area (Å²) in [5, 5.41) is 0. The molecule has 0 aliphatic carbocycles. The van der Waals surface area contributed by atoms with Gasteiger partial charge in [-0.15, -0.1) is 0 Å². The number of para-hydroxylation sites is 4. The molecule has 206 valence electrons. The van der Waals surface area contributed by atoms with Gasteiger partial charge in [-0.1, -0.05) is 108 Å². The van der Waals surface area contributed by atoms with Crippen molar-refractivity contribution in [3.05, 3.63) is 146 Å². The molecule has 4 heterocycles. The van der Waals surface area contributed by atoms with Crippen molar-refractivity contribution < 1.29 is 0 Å². The monoisotopic (exact) mass is 564 g/mol. The van der Waals surface area contributed by atoms with Gasteiger partial charge in [0.25, 0.3) is 0 Å². The van der Waals surface area contributed by atoms with Crippen LogP contribution in [-0.2, 0) is 0 Å². The minimum absolute atomic E-state index is 0.100. The van der Waals surface area contributed by atoms with E-state index in [-0.39, 0.29) is 13.4 Å². The lowest BCUT2D eigenvalue weighted by Crippen LogP contribution is -2.59. The third-order valence-corrected chi connectivity index (χ3v) is 8.95. The van der Waals surface area contributed by atoms with Crippen LogP contribution in [0.3, 0.4) is 0 Å². The molecule has 9 rings (SSSR count). The van der Waals surface area contributed by atoms with Crippen molar-refractivity contribution in [1.82, 2.24) is 19.9 Å². The van der Waals surface area contributed by atoms with Crippen molar-refractivity contribution in [1.29, 1.82) is 0 Å². The normalized spacial score (nSPS) is 13.3. The summed E-state index contributed by atoms with van der Waals surface area (Å²) in [5.74, 6) is 1.63. The number of H-pyrrole nitrogens is 2. The highest BCUT2D eigenvalue weighted by molar-refractivity contribution is 6.99. The average molecular weight is 564 g/mol. The summed E-state index contributed by atoms with van der Waals surface area (Å²) in [4.78, 5) is 20.3. The lowest BCUT2D eigenvalue weighted by molar-refractivity contribution is 1.15. The molecule has 8 heteroatoms. The number of aromatic amines is 2. The predicted octanol–water partition coefficient (Wildman–Crippen LogP) is 3.73. The molecular formula is C36H26B2N6. The second kappa shape index (κ2) is 9.92. The molecule has 0 bridgehead atoms. The fourth-order valence-electron chi connectivity index (χ4n) is 7.15.